The quantitative estimate of drug-likeness (QED) is 0.318. The Morgan fingerprint density at radius 2 is 2.03 bits per heavy atom. The molecule has 172 valence electrons. The van der Waals surface area contributed by atoms with Crippen LogP contribution >= 0.6 is 0 Å². The second kappa shape index (κ2) is 9.82. The number of aliphatic hydroxyl groups is 2. The fourth-order valence-electron chi connectivity index (χ4n) is 3.26. The standard InChI is InChI=1S/C20H24N4O8/c1-10(26)30-8-12(9-31-11(2)27)3-4-13-19-14(5-17(21)22-20(19)29)24(23-13)18-6-15(28)16(7-25)32-18/h5,12,15-16,18,25,28H,6-9H2,1-2H3,(H3,21,22,29)/t15-,16-,18-/m1/s1. The molecule has 0 aromatic carbocycles. The Morgan fingerprint density at radius 3 is 2.59 bits per heavy atom. The van der Waals surface area contributed by atoms with Crippen molar-refractivity contribution in [3.05, 3.63) is 22.1 Å². The number of anilines is 1. The third-order valence-electron chi connectivity index (χ3n) is 4.75. The Morgan fingerprint density at radius 1 is 1.38 bits per heavy atom. The average molecular weight is 448 g/mol. The highest BCUT2D eigenvalue weighted by atomic mass is 16.6. The molecule has 0 saturated carbocycles. The van der Waals surface area contributed by atoms with Gasteiger partial charge in [-0.3, -0.25) is 14.4 Å². The van der Waals surface area contributed by atoms with Crippen LogP contribution < -0.4 is 11.3 Å². The number of esters is 2. The molecule has 0 spiro atoms. The van der Waals surface area contributed by atoms with Crippen LogP contribution in [0.3, 0.4) is 0 Å². The van der Waals surface area contributed by atoms with Gasteiger partial charge in [-0.25, -0.2) is 4.68 Å². The molecule has 32 heavy (non-hydrogen) atoms. The number of hydrogen-bond acceptors (Lipinski definition) is 10. The van der Waals surface area contributed by atoms with Crippen molar-refractivity contribution < 1.29 is 34.0 Å². The number of nitrogens with one attached hydrogen (secondary N) is 1. The van der Waals surface area contributed by atoms with E-state index in [2.05, 4.69) is 21.9 Å². The lowest BCUT2D eigenvalue weighted by atomic mass is 10.1. The molecule has 0 aliphatic carbocycles. The lowest BCUT2D eigenvalue weighted by Gasteiger charge is -2.13. The Labute approximate surface area is 182 Å². The van der Waals surface area contributed by atoms with Gasteiger partial charge in [-0.15, -0.1) is 0 Å². The molecule has 1 fully saturated rings. The molecule has 1 saturated heterocycles. The van der Waals surface area contributed by atoms with Crippen molar-refractivity contribution in [3.63, 3.8) is 0 Å². The number of nitrogen functional groups attached to an aromatic ring is 1. The molecule has 0 unspecified atom stereocenters. The minimum atomic E-state index is -0.907. The number of pyridine rings is 1. The van der Waals surface area contributed by atoms with Crippen LogP contribution in [0.1, 0.15) is 32.2 Å². The molecule has 0 bridgehead atoms. The van der Waals surface area contributed by atoms with Gasteiger partial charge in [0.05, 0.1) is 24.1 Å². The number of aromatic amines is 1. The van der Waals surface area contributed by atoms with Crippen LogP contribution in [0.25, 0.3) is 10.9 Å². The first-order valence-corrected chi connectivity index (χ1v) is 9.83. The van der Waals surface area contributed by atoms with Crippen LogP contribution in [0.15, 0.2) is 10.9 Å². The first kappa shape index (κ1) is 23.3. The number of carbonyl (C=O) groups excluding carboxylic acids is 2. The van der Waals surface area contributed by atoms with Crippen LogP contribution in [0.4, 0.5) is 5.82 Å². The number of fused-ring (bicyclic) bond motifs is 1. The average Bonchev–Trinajstić information content (AvgIpc) is 3.27. The summed E-state index contributed by atoms with van der Waals surface area (Å²) in [5.41, 5.74) is 5.69. The maximum atomic E-state index is 12.6. The Hall–Kier alpha value is -3.40. The van der Waals surface area contributed by atoms with Crippen LogP contribution in [0, 0.1) is 17.8 Å². The molecule has 1 aliphatic heterocycles. The van der Waals surface area contributed by atoms with E-state index < -0.39 is 41.9 Å². The van der Waals surface area contributed by atoms with Gasteiger partial charge in [-0.05, 0) is 5.92 Å². The number of carbonyl (C=O) groups is 2. The lowest BCUT2D eigenvalue weighted by Crippen LogP contribution is -2.24. The summed E-state index contributed by atoms with van der Waals surface area (Å²) < 4.78 is 17.0. The summed E-state index contributed by atoms with van der Waals surface area (Å²) in [5.74, 6) is 4.01. The minimum Gasteiger partial charge on any atom is -0.464 e. The number of aliphatic hydroxyl groups excluding tert-OH is 2. The van der Waals surface area contributed by atoms with E-state index in [1.807, 2.05) is 0 Å². The van der Waals surface area contributed by atoms with Crippen molar-refractivity contribution in [1.29, 1.82) is 0 Å². The second-order valence-electron chi connectivity index (χ2n) is 7.29. The number of aromatic nitrogens is 3. The number of hydrogen-bond donors (Lipinski definition) is 4. The van der Waals surface area contributed by atoms with Gasteiger partial charge in [-0.1, -0.05) is 5.92 Å². The summed E-state index contributed by atoms with van der Waals surface area (Å²) in [4.78, 5) is 37.3. The zero-order chi connectivity index (χ0) is 23.4. The SMILES string of the molecule is CC(=O)OCC(C#Cc1nn([C@H]2C[C@@H](O)[C@@H](CO)O2)c2cc(N)[nH]c(=O)c12)COC(C)=O. The van der Waals surface area contributed by atoms with E-state index in [9.17, 15) is 24.6 Å². The Kier molecular flexibility index (Phi) is 7.14. The monoisotopic (exact) mass is 448 g/mol. The highest BCUT2D eigenvalue weighted by Gasteiger charge is 2.36. The van der Waals surface area contributed by atoms with Crippen LogP contribution in [0.2, 0.25) is 0 Å². The molecule has 0 amide bonds. The van der Waals surface area contributed by atoms with Gasteiger partial charge in [0.2, 0.25) is 0 Å². The molecule has 2 aromatic heterocycles. The van der Waals surface area contributed by atoms with Gasteiger partial charge in [0.25, 0.3) is 5.56 Å². The maximum absolute atomic E-state index is 12.6. The number of nitrogens with zero attached hydrogens (tertiary/aromatic N) is 2. The fraction of sp³-hybridized carbons (Fsp3) is 0.500. The normalized spacial score (nSPS) is 20.2. The second-order valence-corrected chi connectivity index (χ2v) is 7.29. The van der Waals surface area contributed by atoms with Crippen LogP contribution in [-0.2, 0) is 23.8 Å². The van der Waals surface area contributed by atoms with Crippen molar-refractivity contribution >= 4 is 28.7 Å². The molecule has 12 heteroatoms. The third-order valence-corrected chi connectivity index (χ3v) is 4.75. The molecular formula is C20H24N4O8. The van der Waals surface area contributed by atoms with E-state index in [-0.39, 0.29) is 43.1 Å². The summed E-state index contributed by atoms with van der Waals surface area (Å²) in [6.07, 6.45) is -2.30. The number of ether oxygens (including phenoxy) is 3. The molecule has 0 radical (unpaired) electrons. The largest absolute Gasteiger partial charge is 0.464 e. The summed E-state index contributed by atoms with van der Waals surface area (Å²) in [5, 5.41) is 23.9. The lowest BCUT2D eigenvalue weighted by molar-refractivity contribution is -0.144. The highest BCUT2D eigenvalue weighted by molar-refractivity contribution is 5.85. The first-order chi connectivity index (χ1) is 15.2. The summed E-state index contributed by atoms with van der Waals surface area (Å²) in [7, 11) is 0. The van der Waals surface area contributed by atoms with Crippen molar-refractivity contribution in [3.8, 4) is 11.8 Å². The van der Waals surface area contributed by atoms with Crippen LogP contribution in [0.5, 0.6) is 0 Å². The van der Waals surface area contributed by atoms with E-state index in [0.717, 1.165) is 0 Å². The fourth-order valence-corrected chi connectivity index (χ4v) is 3.26. The van der Waals surface area contributed by atoms with E-state index in [0.29, 0.717) is 5.52 Å². The molecule has 5 N–H and O–H groups in total. The van der Waals surface area contributed by atoms with Crippen molar-refractivity contribution in [2.75, 3.05) is 25.6 Å². The van der Waals surface area contributed by atoms with Crippen LogP contribution in [-0.4, -0.2) is 68.9 Å². The Bertz CT molecular complexity index is 1110. The molecule has 12 nitrogen and oxygen atoms in total. The summed E-state index contributed by atoms with van der Waals surface area (Å²) in [6.45, 7) is 1.87. The van der Waals surface area contributed by atoms with E-state index in [4.69, 9.17) is 19.9 Å². The molecule has 3 rings (SSSR count). The number of rotatable bonds is 6. The molecule has 2 aromatic rings. The van der Waals surface area contributed by atoms with Crippen molar-refractivity contribution in [2.24, 2.45) is 5.92 Å². The van der Waals surface area contributed by atoms with Gasteiger partial charge in [-0.2, -0.15) is 5.10 Å². The van der Waals surface area contributed by atoms with E-state index in [1.54, 1.807) is 0 Å². The van der Waals surface area contributed by atoms with E-state index >= 15 is 0 Å². The topological polar surface area (TPSA) is 179 Å². The smallest absolute Gasteiger partial charge is 0.302 e. The molecule has 3 heterocycles. The van der Waals surface area contributed by atoms with Crippen molar-refractivity contribution in [2.45, 2.75) is 38.7 Å². The van der Waals surface area contributed by atoms with Gasteiger partial charge in [0.15, 0.2) is 6.23 Å². The third kappa shape index (κ3) is 5.25. The highest BCUT2D eigenvalue weighted by Crippen LogP contribution is 2.31. The molecule has 1 aliphatic rings. The summed E-state index contributed by atoms with van der Waals surface area (Å²) >= 11 is 0. The predicted molar refractivity (Wildman–Crippen MR) is 110 cm³/mol. The van der Waals surface area contributed by atoms with Gasteiger partial charge in [0.1, 0.15) is 36.2 Å². The zero-order valence-corrected chi connectivity index (χ0v) is 17.5. The number of H-pyrrole nitrogens is 1. The van der Waals surface area contributed by atoms with Gasteiger partial charge >= 0.3 is 11.9 Å². The maximum Gasteiger partial charge on any atom is 0.302 e. The summed E-state index contributed by atoms with van der Waals surface area (Å²) in [6, 6.07) is 1.49. The van der Waals surface area contributed by atoms with E-state index in [1.165, 1.54) is 24.6 Å². The minimum absolute atomic E-state index is 0.0995. The zero-order valence-electron chi connectivity index (χ0n) is 17.5. The predicted octanol–water partition coefficient (Wildman–Crippen LogP) is -0.959. The van der Waals surface area contributed by atoms with Crippen molar-refractivity contribution in [1.82, 2.24) is 14.8 Å². The Balaban J connectivity index is 2.00. The van der Waals surface area contributed by atoms with Gasteiger partial charge < -0.3 is 35.1 Å². The molecular weight excluding hydrogens is 424 g/mol. The first-order valence-electron chi connectivity index (χ1n) is 9.83. The number of nitrogens with two attached hydrogens (primary N) is 1. The van der Waals surface area contributed by atoms with Gasteiger partial charge in [0, 0.05) is 26.3 Å². The molecule has 3 atom stereocenters.